The van der Waals surface area contributed by atoms with Gasteiger partial charge in [-0.3, -0.25) is 0 Å². The molecule has 1 aliphatic rings. The van der Waals surface area contributed by atoms with E-state index in [4.69, 9.17) is 9.84 Å². The molecule has 0 bridgehead atoms. The predicted molar refractivity (Wildman–Crippen MR) is 57.6 cm³/mol. The Morgan fingerprint density at radius 2 is 2.11 bits per heavy atom. The van der Waals surface area contributed by atoms with Crippen molar-refractivity contribution in [2.75, 3.05) is 33.4 Å². The zero-order valence-electron chi connectivity index (χ0n) is 10.3. The molecular formula is C10H15F3N2O4. The smallest absolute Gasteiger partial charge is 0.390 e. The molecule has 1 heterocycles. The van der Waals surface area contributed by atoms with Gasteiger partial charge in [-0.2, -0.15) is 13.2 Å². The summed E-state index contributed by atoms with van der Waals surface area (Å²) in [4.78, 5) is 24.7. The summed E-state index contributed by atoms with van der Waals surface area (Å²) in [6.07, 6.45) is -5.48. The van der Waals surface area contributed by atoms with Crippen molar-refractivity contribution in [1.29, 1.82) is 0 Å². The molecule has 0 aliphatic carbocycles. The van der Waals surface area contributed by atoms with Crippen molar-refractivity contribution in [3.63, 3.8) is 0 Å². The van der Waals surface area contributed by atoms with Crippen LogP contribution in [-0.2, 0) is 9.53 Å². The third kappa shape index (κ3) is 4.58. The summed E-state index contributed by atoms with van der Waals surface area (Å²) in [5.74, 6) is -1.24. The average Bonchev–Trinajstić information content (AvgIpc) is 2.34. The molecule has 1 unspecified atom stereocenters. The Kier molecular flexibility index (Phi) is 4.98. The zero-order valence-corrected chi connectivity index (χ0v) is 10.3. The van der Waals surface area contributed by atoms with Gasteiger partial charge in [0.2, 0.25) is 0 Å². The van der Waals surface area contributed by atoms with E-state index in [0.29, 0.717) is 0 Å². The van der Waals surface area contributed by atoms with Crippen molar-refractivity contribution in [2.24, 2.45) is 0 Å². The van der Waals surface area contributed by atoms with E-state index in [0.717, 1.165) is 9.80 Å². The van der Waals surface area contributed by atoms with Crippen LogP contribution in [0.15, 0.2) is 0 Å². The number of hydrogen-bond donors (Lipinski definition) is 1. The Morgan fingerprint density at radius 1 is 1.47 bits per heavy atom. The molecule has 1 N–H and O–H groups in total. The highest BCUT2D eigenvalue weighted by Gasteiger charge is 2.35. The number of carbonyl (C=O) groups excluding carboxylic acids is 1. The minimum absolute atomic E-state index is 0.0478. The van der Waals surface area contributed by atoms with Gasteiger partial charge < -0.3 is 19.6 Å². The molecule has 0 saturated carbocycles. The number of aliphatic carboxylic acids is 1. The van der Waals surface area contributed by atoms with Crippen LogP contribution in [0.3, 0.4) is 0 Å². The summed E-state index contributed by atoms with van der Waals surface area (Å²) in [6, 6.07) is -1.89. The summed E-state index contributed by atoms with van der Waals surface area (Å²) in [5, 5.41) is 8.93. The highest BCUT2D eigenvalue weighted by molar-refractivity contribution is 5.82. The van der Waals surface area contributed by atoms with Crippen molar-refractivity contribution in [3.05, 3.63) is 0 Å². The van der Waals surface area contributed by atoms with E-state index >= 15 is 0 Å². The normalized spacial score (nSPS) is 20.2. The Labute approximate surface area is 107 Å². The summed E-state index contributed by atoms with van der Waals surface area (Å²) in [7, 11) is 1.21. The lowest BCUT2D eigenvalue weighted by Gasteiger charge is -2.35. The van der Waals surface area contributed by atoms with Gasteiger partial charge in [0.25, 0.3) is 0 Å². The maximum Gasteiger partial charge on any atom is 0.390 e. The van der Waals surface area contributed by atoms with Gasteiger partial charge in [0.15, 0.2) is 6.04 Å². The molecular weight excluding hydrogens is 269 g/mol. The lowest BCUT2D eigenvalue weighted by molar-refractivity contribution is -0.148. The van der Waals surface area contributed by atoms with E-state index in [9.17, 15) is 22.8 Å². The van der Waals surface area contributed by atoms with Crippen LogP contribution < -0.4 is 0 Å². The summed E-state index contributed by atoms with van der Waals surface area (Å²) >= 11 is 0. The molecule has 19 heavy (non-hydrogen) atoms. The van der Waals surface area contributed by atoms with Crippen LogP contribution in [0.5, 0.6) is 0 Å². The van der Waals surface area contributed by atoms with Crippen LogP contribution in [0.25, 0.3) is 0 Å². The predicted octanol–water partition coefficient (Wildman–Crippen LogP) is 0.776. The largest absolute Gasteiger partial charge is 0.480 e. The van der Waals surface area contributed by atoms with E-state index in [1.807, 2.05) is 0 Å². The van der Waals surface area contributed by atoms with Gasteiger partial charge in [0.1, 0.15) is 0 Å². The topological polar surface area (TPSA) is 70.1 Å². The SMILES string of the molecule is CN(CCC(F)(F)F)C(=O)N1CCOCC1C(=O)O. The molecule has 1 rings (SSSR count). The first-order valence-electron chi connectivity index (χ1n) is 5.61. The van der Waals surface area contributed by atoms with Crippen LogP contribution in [0.1, 0.15) is 6.42 Å². The lowest BCUT2D eigenvalue weighted by atomic mass is 10.2. The number of amides is 2. The Bertz CT molecular complexity index is 348. The molecule has 0 aromatic heterocycles. The molecule has 0 radical (unpaired) electrons. The van der Waals surface area contributed by atoms with E-state index in [1.165, 1.54) is 7.05 Å². The van der Waals surface area contributed by atoms with E-state index < -0.39 is 37.2 Å². The third-order valence-corrected chi connectivity index (χ3v) is 2.72. The Hall–Kier alpha value is -1.51. The van der Waals surface area contributed by atoms with Gasteiger partial charge >= 0.3 is 18.2 Å². The van der Waals surface area contributed by atoms with Crippen LogP contribution >= 0.6 is 0 Å². The van der Waals surface area contributed by atoms with Crippen molar-refractivity contribution in [3.8, 4) is 0 Å². The van der Waals surface area contributed by atoms with E-state index in [1.54, 1.807) is 0 Å². The van der Waals surface area contributed by atoms with Crippen LogP contribution in [-0.4, -0.2) is 72.5 Å². The molecule has 1 atom stereocenters. The maximum atomic E-state index is 12.1. The molecule has 2 amide bonds. The maximum absolute atomic E-state index is 12.1. The molecule has 1 saturated heterocycles. The van der Waals surface area contributed by atoms with Crippen LogP contribution in [0, 0.1) is 0 Å². The van der Waals surface area contributed by atoms with Gasteiger partial charge in [0, 0.05) is 20.1 Å². The van der Waals surface area contributed by atoms with Gasteiger partial charge in [-0.1, -0.05) is 0 Å². The molecule has 6 nitrogen and oxygen atoms in total. The minimum atomic E-state index is -4.36. The Morgan fingerprint density at radius 3 is 2.63 bits per heavy atom. The van der Waals surface area contributed by atoms with Gasteiger partial charge in [0.05, 0.1) is 19.6 Å². The summed E-state index contributed by atoms with van der Waals surface area (Å²) < 4.78 is 41.1. The Balaban J connectivity index is 2.61. The van der Waals surface area contributed by atoms with Gasteiger partial charge in [-0.05, 0) is 0 Å². The highest BCUT2D eigenvalue weighted by Crippen LogP contribution is 2.20. The standard InChI is InChI=1S/C10H15F3N2O4/c1-14(3-2-10(11,12)13)9(18)15-4-5-19-6-7(15)8(16)17/h7H,2-6H2,1H3,(H,16,17). The van der Waals surface area contributed by atoms with Crippen molar-refractivity contribution < 1.29 is 32.6 Å². The molecule has 0 aromatic rings. The van der Waals surface area contributed by atoms with Crippen LogP contribution in [0.4, 0.5) is 18.0 Å². The zero-order chi connectivity index (χ0) is 14.6. The second-order valence-electron chi connectivity index (χ2n) is 4.19. The number of carboxylic acids is 1. The third-order valence-electron chi connectivity index (χ3n) is 2.72. The molecule has 0 aromatic carbocycles. The quantitative estimate of drug-likeness (QED) is 0.831. The van der Waals surface area contributed by atoms with E-state index in [2.05, 4.69) is 0 Å². The first kappa shape index (κ1) is 15.5. The number of carbonyl (C=O) groups is 2. The van der Waals surface area contributed by atoms with Crippen LogP contribution in [0.2, 0.25) is 0 Å². The molecule has 110 valence electrons. The number of morpholine rings is 1. The van der Waals surface area contributed by atoms with Gasteiger partial charge in [-0.15, -0.1) is 0 Å². The fourth-order valence-electron chi connectivity index (χ4n) is 1.65. The van der Waals surface area contributed by atoms with Crippen molar-refractivity contribution >= 4 is 12.0 Å². The number of hydrogen-bond acceptors (Lipinski definition) is 3. The number of nitrogens with zero attached hydrogens (tertiary/aromatic N) is 2. The number of rotatable bonds is 3. The number of halogens is 3. The van der Waals surface area contributed by atoms with E-state index in [-0.39, 0.29) is 19.8 Å². The molecule has 1 fully saturated rings. The number of alkyl halides is 3. The average molecular weight is 284 g/mol. The summed E-state index contributed by atoms with van der Waals surface area (Å²) in [5.41, 5.74) is 0. The molecule has 0 spiro atoms. The monoisotopic (exact) mass is 284 g/mol. The van der Waals surface area contributed by atoms with Gasteiger partial charge in [-0.25, -0.2) is 9.59 Å². The number of urea groups is 1. The highest BCUT2D eigenvalue weighted by atomic mass is 19.4. The first-order valence-corrected chi connectivity index (χ1v) is 5.61. The number of ether oxygens (including phenoxy) is 1. The fourth-order valence-corrected chi connectivity index (χ4v) is 1.65. The lowest BCUT2D eigenvalue weighted by Crippen LogP contribution is -2.56. The fraction of sp³-hybridized carbons (Fsp3) is 0.800. The second kappa shape index (κ2) is 6.09. The first-order chi connectivity index (χ1) is 8.72. The van der Waals surface area contributed by atoms with Crippen molar-refractivity contribution in [1.82, 2.24) is 9.80 Å². The summed E-state index contributed by atoms with van der Waals surface area (Å²) in [6.45, 7) is -0.449. The second-order valence-corrected chi connectivity index (χ2v) is 4.19. The number of carboxylic acid groups (broad SMARTS) is 1. The molecule has 1 aliphatic heterocycles. The van der Waals surface area contributed by atoms with Crippen molar-refractivity contribution in [2.45, 2.75) is 18.6 Å². The minimum Gasteiger partial charge on any atom is -0.480 e. The molecule has 9 heteroatoms.